The van der Waals surface area contributed by atoms with E-state index < -0.39 is 0 Å². The Kier molecular flexibility index (Phi) is 5.60. The number of furan rings is 1. The summed E-state index contributed by atoms with van der Waals surface area (Å²) in [5.41, 5.74) is 1.88. The fourth-order valence-electron chi connectivity index (χ4n) is 3.78. The molecule has 0 bridgehead atoms. The zero-order chi connectivity index (χ0) is 22.1. The first-order valence-corrected chi connectivity index (χ1v) is 10.1. The van der Waals surface area contributed by atoms with Crippen LogP contribution in [0.1, 0.15) is 19.1 Å². The third-order valence-electron chi connectivity index (χ3n) is 5.48. The van der Waals surface area contributed by atoms with E-state index in [0.717, 1.165) is 17.7 Å². The first-order valence-electron chi connectivity index (χ1n) is 10.1. The number of amides is 2. The predicted molar refractivity (Wildman–Crippen MR) is 117 cm³/mol. The topological polar surface area (TPSA) is 101 Å². The van der Waals surface area contributed by atoms with E-state index in [2.05, 4.69) is 15.2 Å². The molecule has 1 N–H and O–H groups in total. The number of rotatable bonds is 4. The van der Waals surface area contributed by atoms with Crippen LogP contribution in [-0.2, 0) is 23.2 Å². The molecule has 9 heteroatoms. The highest BCUT2D eigenvalue weighted by molar-refractivity contribution is 5.93. The van der Waals surface area contributed by atoms with Crippen molar-refractivity contribution in [2.24, 2.45) is 7.05 Å². The molecule has 1 aliphatic rings. The van der Waals surface area contributed by atoms with E-state index in [1.807, 2.05) is 13.1 Å². The maximum absolute atomic E-state index is 12.7. The minimum Gasteiger partial charge on any atom is -0.459 e. The lowest BCUT2D eigenvalue weighted by molar-refractivity contribution is -0.129. The summed E-state index contributed by atoms with van der Waals surface area (Å²) in [6.07, 6.45) is 3.79. The lowest BCUT2D eigenvalue weighted by Crippen LogP contribution is -2.29. The number of nitrogens with zero attached hydrogens (tertiary/aromatic N) is 4. The van der Waals surface area contributed by atoms with Gasteiger partial charge < -0.3 is 19.2 Å². The van der Waals surface area contributed by atoms with Gasteiger partial charge in [-0.2, -0.15) is 0 Å². The molecule has 1 aliphatic heterocycles. The van der Waals surface area contributed by atoms with Crippen molar-refractivity contribution in [2.75, 3.05) is 32.0 Å². The predicted octanol–water partition coefficient (Wildman–Crippen LogP) is 1.82. The van der Waals surface area contributed by atoms with E-state index in [4.69, 9.17) is 4.42 Å². The van der Waals surface area contributed by atoms with E-state index in [-0.39, 0.29) is 17.4 Å². The molecular weight excluding hydrogens is 398 g/mol. The second kappa shape index (κ2) is 8.35. The summed E-state index contributed by atoms with van der Waals surface area (Å²) in [5.74, 6) is 1.03. The molecule has 4 heterocycles. The first kappa shape index (κ1) is 20.8. The number of hydrogen-bond acceptors (Lipinski definition) is 6. The molecule has 0 atom stereocenters. The van der Waals surface area contributed by atoms with Gasteiger partial charge in [-0.1, -0.05) is 0 Å². The molecule has 9 nitrogen and oxygen atoms in total. The minimum atomic E-state index is -0.211. The van der Waals surface area contributed by atoms with Crippen LogP contribution in [0.4, 0.5) is 5.82 Å². The van der Waals surface area contributed by atoms with E-state index >= 15 is 0 Å². The number of aromatic nitrogens is 2. The van der Waals surface area contributed by atoms with Gasteiger partial charge in [0.2, 0.25) is 11.8 Å². The van der Waals surface area contributed by atoms with Crippen molar-refractivity contribution in [1.29, 1.82) is 0 Å². The minimum absolute atomic E-state index is 0.135. The highest BCUT2D eigenvalue weighted by Crippen LogP contribution is 2.30. The van der Waals surface area contributed by atoms with Crippen molar-refractivity contribution < 1.29 is 14.0 Å². The number of fused-ring (bicyclic) bond motifs is 1. The van der Waals surface area contributed by atoms with E-state index in [9.17, 15) is 14.4 Å². The monoisotopic (exact) mass is 423 g/mol. The van der Waals surface area contributed by atoms with Crippen LogP contribution < -0.4 is 10.9 Å². The molecule has 3 aromatic heterocycles. The normalized spacial score (nSPS) is 15.3. The Balaban J connectivity index is 1.71. The van der Waals surface area contributed by atoms with Gasteiger partial charge in [-0.3, -0.25) is 19.3 Å². The Morgan fingerprint density at radius 1 is 1.19 bits per heavy atom. The van der Waals surface area contributed by atoms with Gasteiger partial charge >= 0.3 is 0 Å². The molecule has 0 saturated carbocycles. The number of carbonyl (C=O) groups excluding carboxylic acids is 2. The third-order valence-corrected chi connectivity index (χ3v) is 5.48. The molecule has 0 unspecified atom stereocenters. The van der Waals surface area contributed by atoms with Crippen LogP contribution in [0.25, 0.3) is 22.1 Å². The molecule has 0 spiro atoms. The summed E-state index contributed by atoms with van der Waals surface area (Å²) < 4.78 is 7.67. The maximum atomic E-state index is 12.7. The number of carbonyl (C=O) groups is 2. The molecule has 0 radical (unpaired) electrons. The average molecular weight is 423 g/mol. The van der Waals surface area contributed by atoms with Crippen LogP contribution in [0.2, 0.25) is 0 Å². The smallest absolute Gasteiger partial charge is 0.261 e. The number of nitrogens with one attached hydrogen (secondary N) is 1. The van der Waals surface area contributed by atoms with E-state index in [1.165, 1.54) is 11.5 Å². The summed E-state index contributed by atoms with van der Waals surface area (Å²) in [4.78, 5) is 44.1. The second-order valence-corrected chi connectivity index (χ2v) is 7.87. The molecule has 31 heavy (non-hydrogen) atoms. The summed E-state index contributed by atoms with van der Waals surface area (Å²) in [6, 6.07) is 5.34. The summed E-state index contributed by atoms with van der Waals surface area (Å²) in [5, 5.41) is 3.17. The van der Waals surface area contributed by atoms with Gasteiger partial charge in [-0.05, 0) is 23.8 Å². The van der Waals surface area contributed by atoms with Crippen LogP contribution >= 0.6 is 0 Å². The maximum Gasteiger partial charge on any atom is 0.261 e. The molecule has 0 aliphatic carbocycles. The molecule has 3 aromatic rings. The van der Waals surface area contributed by atoms with Gasteiger partial charge in [-0.25, -0.2) is 4.98 Å². The van der Waals surface area contributed by atoms with Crippen molar-refractivity contribution in [3.63, 3.8) is 0 Å². The van der Waals surface area contributed by atoms with Gasteiger partial charge in [0.05, 0.1) is 11.9 Å². The van der Waals surface area contributed by atoms with Crippen molar-refractivity contribution in [2.45, 2.75) is 19.9 Å². The second-order valence-electron chi connectivity index (χ2n) is 7.87. The number of anilines is 1. The molecule has 1 fully saturated rings. The quantitative estimate of drug-likeness (QED) is 0.687. The number of pyridine rings is 2. The number of hydrogen-bond donors (Lipinski definition) is 1. The van der Waals surface area contributed by atoms with Gasteiger partial charge in [0.1, 0.15) is 17.2 Å². The lowest BCUT2D eigenvalue weighted by atomic mass is 10.1. The zero-order valence-electron chi connectivity index (χ0n) is 17.8. The fourth-order valence-corrected chi connectivity index (χ4v) is 3.78. The standard InChI is InChI=1S/C22H25N5O4/c1-14(28)24-19-10-15(4-6-23-19)18-13-26(3)22(30)17-11-16(31-21(17)18)12-27-7-5-20(29)25(2)8-9-27/h4,6,10-11,13H,5,7-9,12H2,1-3H3,(H,23,24,28). The Hall–Kier alpha value is -3.46. The molecule has 0 aromatic carbocycles. The summed E-state index contributed by atoms with van der Waals surface area (Å²) in [7, 11) is 3.51. The lowest BCUT2D eigenvalue weighted by Gasteiger charge is -2.18. The Labute approximate surface area is 179 Å². The average Bonchev–Trinajstić information content (AvgIpc) is 3.08. The van der Waals surface area contributed by atoms with Crippen LogP contribution in [0, 0.1) is 0 Å². The Bertz CT molecular complexity index is 1210. The van der Waals surface area contributed by atoms with Crippen LogP contribution in [0.5, 0.6) is 0 Å². The van der Waals surface area contributed by atoms with Crippen molar-refractivity contribution >= 4 is 28.6 Å². The van der Waals surface area contributed by atoms with Crippen molar-refractivity contribution in [1.82, 2.24) is 19.4 Å². The number of likely N-dealkylation sites (N-methyl/N-ethyl adjacent to an activating group) is 1. The van der Waals surface area contributed by atoms with E-state index in [1.54, 1.807) is 36.5 Å². The zero-order valence-corrected chi connectivity index (χ0v) is 17.8. The van der Waals surface area contributed by atoms with Crippen molar-refractivity contribution in [3.05, 3.63) is 46.7 Å². The fraction of sp³-hybridized carbons (Fsp3) is 0.364. The highest BCUT2D eigenvalue weighted by Gasteiger charge is 2.21. The summed E-state index contributed by atoms with van der Waals surface area (Å²) >= 11 is 0. The Morgan fingerprint density at radius 3 is 2.77 bits per heavy atom. The largest absolute Gasteiger partial charge is 0.459 e. The molecule has 162 valence electrons. The van der Waals surface area contributed by atoms with Gasteiger partial charge in [0, 0.05) is 65.0 Å². The van der Waals surface area contributed by atoms with Gasteiger partial charge in [0.15, 0.2) is 0 Å². The SMILES string of the molecule is CC(=O)Nc1cc(-c2cn(C)c(=O)c3cc(CN4CCC(=O)N(C)CC4)oc23)ccn1. The van der Waals surface area contributed by atoms with E-state index in [0.29, 0.717) is 48.6 Å². The van der Waals surface area contributed by atoms with Gasteiger partial charge in [0.25, 0.3) is 5.56 Å². The number of aryl methyl sites for hydroxylation is 1. The van der Waals surface area contributed by atoms with Gasteiger partial charge in [-0.15, -0.1) is 0 Å². The first-order chi connectivity index (χ1) is 14.8. The van der Waals surface area contributed by atoms with Crippen LogP contribution in [0.3, 0.4) is 0 Å². The van der Waals surface area contributed by atoms with Crippen molar-refractivity contribution in [3.8, 4) is 11.1 Å². The van der Waals surface area contributed by atoms with Crippen LogP contribution in [-0.4, -0.2) is 57.8 Å². The molecule has 4 rings (SSSR count). The summed E-state index contributed by atoms with van der Waals surface area (Å²) in [6.45, 7) is 4.00. The molecule has 2 amide bonds. The Morgan fingerprint density at radius 2 is 2.00 bits per heavy atom. The highest BCUT2D eigenvalue weighted by atomic mass is 16.3. The molecule has 1 saturated heterocycles. The molecular formula is C22H25N5O4. The third kappa shape index (κ3) is 4.36. The van der Waals surface area contributed by atoms with Crippen LogP contribution in [0.15, 0.2) is 39.8 Å².